The molecule has 0 unspecified atom stereocenters. The molecule has 10 nitrogen and oxygen atoms in total. The number of nitriles is 1. The zero-order valence-corrected chi connectivity index (χ0v) is 20.1. The number of fused-ring (bicyclic) bond motifs is 1. The summed E-state index contributed by atoms with van der Waals surface area (Å²) in [6, 6.07) is 11.2. The van der Waals surface area contributed by atoms with Gasteiger partial charge in [0, 0.05) is 17.2 Å². The van der Waals surface area contributed by atoms with Crippen molar-refractivity contribution in [2.45, 2.75) is 12.8 Å². The fourth-order valence-electron chi connectivity index (χ4n) is 4.15. The first-order valence-electron chi connectivity index (χ1n) is 10.8. The summed E-state index contributed by atoms with van der Waals surface area (Å²) in [7, 11) is 6.18. The molecule has 3 aromatic rings. The van der Waals surface area contributed by atoms with Crippen molar-refractivity contribution >= 4 is 0 Å². The van der Waals surface area contributed by atoms with Crippen molar-refractivity contribution in [2.24, 2.45) is 5.73 Å². The lowest BCUT2D eigenvalue weighted by Gasteiger charge is -2.26. The monoisotopic (exact) mass is 478 g/mol. The van der Waals surface area contributed by atoms with Crippen LogP contribution < -0.4 is 34.2 Å². The topological polar surface area (TPSA) is 134 Å². The maximum absolute atomic E-state index is 10.1. The van der Waals surface area contributed by atoms with Crippen LogP contribution in [0, 0.1) is 11.3 Å². The maximum Gasteiger partial charge on any atom is 0.244 e. The van der Waals surface area contributed by atoms with Crippen LogP contribution in [-0.2, 0) is 0 Å². The lowest BCUT2D eigenvalue weighted by atomic mass is 9.82. The molecule has 0 aliphatic carbocycles. The molecule has 3 N–H and O–H groups in total. The van der Waals surface area contributed by atoms with Gasteiger partial charge in [0.25, 0.3) is 0 Å². The van der Waals surface area contributed by atoms with Gasteiger partial charge >= 0.3 is 0 Å². The normalized spacial score (nSPS) is 14.5. The molecule has 0 spiro atoms. The molecule has 1 aliphatic rings. The second-order valence-electron chi connectivity index (χ2n) is 7.49. The summed E-state index contributed by atoms with van der Waals surface area (Å²) in [6.07, 6.45) is 0. The Morgan fingerprint density at radius 1 is 0.971 bits per heavy atom. The number of benzene rings is 2. The van der Waals surface area contributed by atoms with Gasteiger partial charge in [-0.1, -0.05) is 0 Å². The van der Waals surface area contributed by atoms with Crippen molar-refractivity contribution in [1.82, 2.24) is 10.2 Å². The Labute approximate surface area is 202 Å². The van der Waals surface area contributed by atoms with E-state index < -0.39 is 5.92 Å². The largest absolute Gasteiger partial charge is 0.496 e. The predicted molar refractivity (Wildman–Crippen MR) is 127 cm³/mol. The van der Waals surface area contributed by atoms with Crippen molar-refractivity contribution in [3.63, 3.8) is 0 Å². The molecule has 10 heteroatoms. The Bertz CT molecular complexity index is 1320. The van der Waals surface area contributed by atoms with E-state index in [1.165, 1.54) is 21.3 Å². The van der Waals surface area contributed by atoms with Gasteiger partial charge in [0.2, 0.25) is 11.8 Å². The van der Waals surface area contributed by atoms with Gasteiger partial charge in [-0.05, 0) is 31.2 Å². The van der Waals surface area contributed by atoms with Crippen molar-refractivity contribution in [3.05, 3.63) is 52.9 Å². The van der Waals surface area contributed by atoms with Crippen LogP contribution in [0.4, 0.5) is 0 Å². The predicted octanol–water partition coefficient (Wildman–Crippen LogP) is 3.73. The van der Waals surface area contributed by atoms with Crippen LogP contribution in [0.3, 0.4) is 0 Å². The van der Waals surface area contributed by atoms with Crippen LogP contribution in [0.5, 0.6) is 34.6 Å². The second kappa shape index (κ2) is 9.77. The zero-order chi connectivity index (χ0) is 25.1. The number of ether oxygens (including phenoxy) is 6. The standard InChI is InChI=1S/C25H26N4O6/c1-6-34-16-8-7-13(9-18(16)31-3)23-22-21(15(12-26)24(27)35-25(22)29-28-23)14-10-19(32-4)20(33-5)11-17(14)30-2/h7-11,21H,6,27H2,1-5H3,(H,28,29)/t21-/m1/s1. The third-order valence-electron chi connectivity index (χ3n) is 5.74. The number of allylic oxidation sites excluding steroid dienone is 1. The summed E-state index contributed by atoms with van der Waals surface area (Å²) in [5.74, 6) is 2.17. The zero-order valence-electron chi connectivity index (χ0n) is 20.1. The fourth-order valence-corrected chi connectivity index (χ4v) is 4.15. The van der Waals surface area contributed by atoms with E-state index in [-0.39, 0.29) is 17.3 Å². The van der Waals surface area contributed by atoms with Crippen LogP contribution >= 0.6 is 0 Å². The van der Waals surface area contributed by atoms with Gasteiger partial charge in [0.1, 0.15) is 17.4 Å². The molecule has 1 aromatic heterocycles. The van der Waals surface area contributed by atoms with E-state index in [2.05, 4.69) is 16.3 Å². The van der Waals surface area contributed by atoms with Gasteiger partial charge in [-0.3, -0.25) is 5.10 Å². The molecule has 1 aliphatic heterocycles. The average Bonchev–Trinajstić information content (AvgIpc) is 3.30. The highest BCUT2D eigenvalue weighted by Crippen LogP contribution is 2.50. The van der Waals surface area contributed by atoms with Gasteiger partial charge in [-0.2, -0.15) is 5.26 Å². The van der Waals surface area contributed by atoms with E-state index >= 15 is 0 Å². The molecule has 0 saturated heterocycles. The van der Waals surface area contributed by atoms with Gasteiger partial charge in [0.05, 0.1) is 52.2 Å². The third-order valence-corrected chi connectivity index (χ3v) is 5.74. The SMILES string of the molecule is CCOc1ccc(-c2[nH]nc3c2[C@H](c2cc(OC)c(OC)cc2OC)C(C#N)=C(N)O3)cc1OC. The highest BCUT2D eigenvalue weighted by atomic mass is 16.5. The molecule has 0 amide bonds. The number of aromatic nitrogens is 2. The molecular weight excluding hydrogens is 452 g/mol. The number of nitrogens with one attached hydrogen (secondary N) is 1. The summed E-state index contributed by atoms with van der Waals surface area (Å²) in [5, 5.41) is 17.4. The van der Waals surface area contributed by atoms with Crippen molar-refractivity contribution in [2.75, 3.05) is 35.0 Å². The first kappa shape index (κ1) is 23.6. The molecule has 0 fully saturated rings. The third kappa shape index (κ3) is 4.01. The number of aromatic amines is 1. The van der Waals surface area contributed by atoms with E-state index in [0.29, 0.717) is 52.2 Å². The first-order chi connectivity index (χ1) is 17.0. The van der Waals surface area contributed by atoms with Crippen molar-refractivity contribution in [1.29, 1.82) is 5.26 Å². The smallest absolute Gasteiger partial charge is 0.244 e. The number of H-pyrrole nitrogens is 1. The van der Waals surface area contributed by atoms with Gasteiger partial charge in [0.15, 0.2) is 23.0 Å². The number of methoxy groups -OCH3 is 4. The van der Waals surface area contributed by atoms with Crippen LogP contribution in [0.25, 0.3) is 11.3 Å². The molecular formula is C25H26N4O6. The molecule has 2 aromatic carbocycles. The minimum absolute atomic E-state index is 0.0378. The van der Waals surface area contributed by atoms with Gasteiger partial charge in [-0.25, -0.2) is 0 Å². The highest BCUT2D eigenvalue weighted by molar-refractivity contribution is 5.74. The molecule has 1 atom stereocenters. The molecule has 4 rings (SSSR count). The Balaban J connectivity index is 1.96. The summed E-state index contributed by atoms with van der Waals surface area (Å²) in [5.41, 5.74) is 8.99. The number of hydrogen-bond donors (Lipinski definition) is 2. The first-order valence-corrected chi connectivity index (χ1v) is 10.8. The van der Waals surface area contributed by atoms with Crippen LogP contribution in [0.15, 0.2) is 41.8 Å². The van der Waals surface area contributed by atoms with E-state index in [1.807, 2.05) is 25.1 Å². The van der Waals surface area contributed by atoms with E-state index in [9.17, 15) is 5.26 Å². The van der Waals surface area contributed by atoms with Crippen LogP contribution in [0.1, 0.15) is 24.0 Å². The Morgan fingerprint density at radius 3 is 2.26 bits per heavy atom. The van der Waals surface area contributed by atoms with E-state index in [4.69, 9.17) is 34.2 Å². The molecule has 0 radical (unpaired) electrons. The minimum Gasteiger partial charge on any atom is -0.496 e. The van der Waals surface area contributed by atoms with Crippen LogP contribution in [-0.4, -0.2) is 45.2 Å². The van der Waals surface area contributed by atoms with E-state index in [0.717, 1.165) is 5.56 Å². The van der Waals surface area contributed by atoms with Crippen LogP contribution in [0.2, 0.25) is 0 Å². The van der Waals surface area contributed by atoms with Gasteiger partial charge in [-0.15, -0.1) is 5.10 Å². The highest BCUT2D eigenvalue weighted by Gasteiger charge is 2.38. The summed E-state index contributed by atoms with van der Waals surface area (Å²) >= 11 is 0. The molecule has 182 valence electrons. The Morgan fingerprint density at radius 2 is 1.63 bits per heavy atom. The number of rotatable bonds is 8. The lowest BCUT2D eigenvalue weighted by molar-refractivity contribution is 0.311. The summed E-state index contributed by atoms with van der Waals surface area (Å²) in [6.45, 7) is 2.40. The number of hydrogen-bond acceptors (Lipinski definition) is 9. The molecule has 0 saturated carbocycles. The van der Waals surface area contributed by atoms with Gasteiger partial charge < -0.3 is 34.2 Å². The minimum atomic E-state index is -0.662. The average molecular weight is 479 g/mol. The van der Waals surface area contributed by atoms with Crippen molar-refractivity contribution < 1.29 is 28.4 Å². The fraction of sp³-hybridized carbons (Fsp3) is 0.280. The quantitative estimate of drug-likeness (QED) is 0.497. The molecule has 0 bridgehead atoms. The Kier molecular flexibility index (Phi) is 6.59. The molecule has 2 heterocycles. The maximum atomic E-state index is 10.1. The number of nitrogens with zero attached hydrogens (tertiary/aromatic N) is 2. The van der Waals surface area contributed by atoms with Crippen molar-refractivity contribution in [3.8, 4) is 52.0 Å². The summed E-state index contributed by atoms with van der Waals surface area (Å²) < 4.78 is 33.5. The number of nitrogens with two attached hydrogens (primary N) is 1. The summed E-state index contributed by atoms with van der Waals surface area (Å²) in [4.78, 5) is 0. The van der Waals surface area contributed by atoms with E-state index in [1.54, 1.807) is 19.2 Å². The lowest BCUT2D eigenvalue weighted by Crippen LogP contribution is -2.21. The second-order valence-corrected chi connectivity index (χ2v) is 7.49. The molecule has 35 heavy (non-hydrogen) atoms. The Hall–Kier alpha value is -4.52.